The molecule has 0 aliphatic rings. The van der Waals surface area contributed by atoms with Crippen molar-refractivity contribution in [3.05, 3.63) is 69.9 Å². The largest absolute Gasteiger partial charge is 0.481 e. The number of benzene rings is 2. The van der Waals surface area contributed by atoms with Crippen molar-refractivity contribution in [3.8, 4) is 0 Å². The zero-order valence-electron chi connectivity index (χ0n) is 14.9. The standard InChI is InChI=1S/C21H20ClNO3/c1-21(2,3)13-6-9-17-15(10-13)16(11-18(24)25)19(23-17)20(26)12-4-7-14(22)8-5-12/h4-10,23H,11H2,1-3H3,(H,24,25). The fraction of sp³-hybridized carbons (Fsp3) is 0.238. The fourth-order valence-electron chi connectivity index (χ4n) is 2.99. The van der Waals surface area contributed by atoms with Gasteiger partial charge in [-0.3, -0.25) is 9.59 Å². The highest BCUT2D eigenvalue weighted by molar-refractivity contribution is 6.30. The molecule has 0 aliphatic heterocycles. The number of fused-ring (bicyclic) bond motifs is 1. The number of carboxylic acid groups (broad SMARTS) is 1. The van der Waals surface area contributed by atoms with Crippen LogP contribution in [0.15, 0.2) is 42.5 Å². The van der Waals surface area contributed by atoms with Crippen LogP contribution in [-0.4, -0.2) is 21.8 Å². The third-order valence-electron chi connectivity index (χ3n) is 4.43. The van der Waals surface area contributed by atoms with E-state index < -0.39 is 5.97 Å². The van der Waals surface area contributed by atoms with E-state index in [4.69, 9.17) is 11.6 Å². The van der Waals surface area contributed by atoms with Crippen LogP contribution in [0.3, 0.4) is 0 Å². The van der Waals surface area contributed by atoms with Gasteiger partial charge in [-0.15, -0.1) is 0 Å². The minimum atomic E-state index is -0.975. The van der Waals surface area contributed by atoms with Crippen molar-refractivity contribution in [1.29, 1.82) is 0 Å². The molecule has 26 heavy (non-hydrogen) atoms. The first-order valence-corrected chi connectivity index (χ1v) is 8.72. The predicted molar refractivity (Wildman–Crippen MR) is 103 cm³/mol. The maximum atomic E-state index is 12.9. The first kappa shape index (κ1) is 18.2. The molecule has 0 aliphatic carbocycles. The second kappa shape index (κ2) is 6.61. The molecule has 4 nitrogen and oxygen atoms in total. The van der Waals surface area contributed by atoms with Gasteiger partial charge < -0.3 is 10.1 Å². The Morgan fingerprint density at radius 2 is 1.73 bits per heavy atom. The molecule has 0 bridgehead atoms. The molecule has 2 aromatic carbocycles. The average Bonchev–Trinajstić information content (AvgIpc) is 2.91. The summed E-state index contributed by atoms with van der Waals surface area (Å²) in [5.74, 6) is -1.22. The van der Waals surface area contributed by atoms with E-state index in [0.29, 0.717) is 21.8 Å². The fourth-order valence-corrected chi connectivity index (χ4v) is 3.11. The van der Waals surface area contributed by atoms with Gasteiger partial charge in [0.15, 0.2) is 0 Å². The number of nitrogens with one attached hydrogen (secondary N) is 1. The first-order chi connectivity index (χ1) is 12.2. The Kier molecular flexibility index (Phi) is 4.63. The Balaban J connectivity index is 2.19. The van der Waals surface area contributed by atoms with Crippen molar-refractivity contribution in [2.45, 2.75) is 32.6 Å². The molecule has 0 radical (unpaired) electrons. The summed E-state index contributed by atoms with van der Waals surface area (Å²) in [7, 11) is 0. The molecule has 0 saturated heterocycles. The number of ketones is 1. The molecule has 0 atom stereocenters. The zero-order valence-corrected chi connectivity index (χ0v) is 15.6. The molecule has 0 spiro atoms. The lowest BCUT2D eigenvalue weighted by Crippen LogP contribution is -2.11. The number of aromatic nitrogens is 1. The number of carbonyl (C=O) groups is 2. The second-order valence-electron chi connectivity index (χ2n) is 7.40. The Morgan fingerprint density at radius 3 is 2.31 bits per heavy atom. The smallest absolute Gasteiger partial charge is 0.307 e. The van der Waals surface area contributed by atoms with Gasteiger partial charge >= 0.3 is 5.97 Å². The lowest BCUT2D eigenvalue weighted by molar-refractivity contribution is -0.136. The van der Waals surface area contributed by atoms with E-state index >= 15 is 0 Å². The van der Waals surface area contributed by atoms with Crippen molar-refractivity contribution in [2.24, 2.45) is 0 Å². The first-order valence-electron chi connectivity index (χ1n) is 8.34. The molecular weight excluding hydrogens is 350 g/mol. The van der Waals surface area contributed by atoms with Crippen LogP contribution in [0.25, 0.3) is 10.9 Å². The minimum absolute atomic E-state index is 0.0771. The van der Waals surface area contributed by atoms with Crippen molar-refractivity contribution in [1.82, 2.24) is 4.98 Å². The van der Waals surface area contributed by atoms with E-state index in [9.17, 15) is 14.7 Å². The summed E-state index contributed by atoms with van der Waals surface area (Å²) in [5, 5.41) is 10.7. The maximum absolute atomic E-state index is 12.9. The Bertz CT molecular complexity index is 995. The van der Waals surface area contributed by atoms with Crippen molar-refractivity contribution in [3.63, 3.8) is 0 Å². The van der Waals surface area contributed by atoms with E-state index in [2.05, 4.69) is 25.8 Å². The predicted octanol–water partition coefficient (Wildman–Crippen LogP) is 4.98. The number of halogens is 1. The molecule has 3 rings (SSSR count). The summed E-state index contributed by atoms with van der Waals surface area (Å²) < 4.78 is 0. The van der Waals surface area contributed by atoms with Crippen molar-refractivity contribution >= 4 is 34.3 Å². The number of rotatable bonds is 4. The molecule has 0 unspecified atom stereocenters. The maximum Gasteiger partial charge on any atom is 0.307 e. The number of carboxylic acids is 1. The summed E-state index contributed by atoms with van der Waals surface area (Å²) in [6.07, 6.45) is -0.220. The lowest BCUT2D eigenvalue weighted by atomic mass is 9.86. The number of hydrogen-bond acceptors (Lipinski definition) is 2. The van der Waals surface area contributed by atoms with Gasteiger partial charge in [-0.1, -0.05) is 38.4 Å². The number of hydrogen-bond donors (Lipinski definition) is 2. The van der Waals surface area contributed by atoms with Crippen LogP contribution < -0.4 is 0 Å². The van der Waals surface area contributed by atoms with E-state index in [0.717, 1.165) is 16.5 Å². The third-order valence-corrected chi connectivity index (χ3v) is 4.69. The Morgan fingerprint density at radius 1 is 1.08 bits per heavy atom. The molecular formula is C21H20ClNO3. The van der Waals surface area contributed by atoms with Gasteiger partial charge in [-0.25, -0.2) is 0 Å². The Hall–Kier alpha value is -2.59. The molecule has 134 valence electrons. The second-order valence-corrected chi connectivity index (χ2v) is 7.83. The van der Waals surface area contributed by atoms with Crippen LogP contribution in [0.4, 0.5) is 0 Å². The zero-order chi connectivity index (χ0) is 19.1. The normalized spacial score (nSPS) is 11.7. The SMILES string of the molecule is CC(C)(C)c1ccc2[nH]c(C(=O)c3ccc(Cl)cc3)c(CC(=O)O)c2c1. The van der Waals surface area contributed by atoms with Gasteiger partial charge in [0.2, 0.25) is 5.78 Å². The summed E-state index contributed by atoms with van der Waals surface area (Å²) in [6, 6.07) is 12.4. The van der Waals surface area contributed by atoms with Gasteiger partial charge in [0.25, 0.3) is 0 Å². The van der Waals surface area contributed by atoms with Crippen LogP contribution in [0.1, 0.15) is 48.0 Å². The van der Waals surface area contributed by atoms with Gasteiger partial charge in [0.05, 0.1) is 12.1 Å². The molecule has 5 heteroatoms. The molecule has 0 fully saturated rings. The van der Waals surface area contributed by atoms with Crippen molar-refractivity contribution in [2.75, 3.05) is 0 Å². The molecule has 0 saturated carbocycles. The highest BCUT2D eigenvalue weighted by Crippen LogP contribution is 2.31. The average molecular weight is 370 g/mol. The lowest BCUT2D eigenvalue weighted by Gasteiger charge is -2.19. The summed E-state index contributed by atoms with van der Waals surface area (Å²) in [6.45, 7) is 6.28. The van der Waals surface area contributed by atoms with Gasteiger partial charge in [-0.2, -0.15) is 0 Å². The summed E-state index contributed by atoms with van der Waals surface area (Å²) >= 11 is 5.89. The van der Waals surface area contributed by atoms with Crippen LogP contribution in [-0.2, 0) is 16.6 Å². The van der Waals surface area contributed by atoms with Crippen LogP contribution in [0, 0.1) is 0 Å². The van der Waals surface area contributed by atoms with E-state index in [-0.39, 0.29) is 17.6 Å². The molecule has 1 heterocycles. The number of aliphatic carboxylic acids is 1. The number of carbonyl (C=O) groups excluding carboxylic acids is 1. The quantitative estimate of drug-likeness (QED) is 0.637. The Labute approximate surface area is 156 Å². The topological polar surface area (TPSA) is 70.2 Å². The highest BCUT2D eigenvalue weighted by Gasteiger charge is 2.23. The molecule has 1 aromatic heterocycles. The van der Waals surface area contributed by atoms with Crippen LogP contribution >= 0.6 is 11.6 Å². The summed E-state index contributed by atoms with van der Waals surface area (Å²) in [5.41, 5.74) is 3.05. The monoisotopic (exact) mass is 369 g/mol. The van der Waals surface area contributed by atoms with Crippen LogP contribution in [0.5, 0.6) is 0 Å². The number of H-pyrrole nitrogens is 1. The number of aromatic amines is 1. The van der Waals surface area contributed by atoms with Gasteiger partial charge in [-0.05, 0) is 47.4 Å². The third kappa shape index (κ3) is 3.51. The van der Waals surface area contributed by atoms with E-state index in [1.807, 2.05) is 18.2 Å². The minimum Gasteiger partial charge on any atom is -0.481 e. The highest BCUT2D eigenvalue weighted by atomic mass is 35.5. The van der Waals surface area contributed by atoms with Crippen molar-refractivity contribution < 1.29 is 14.7 Å². The summed E-state index contributed by atoms with van der Waals surface area (Å²) in [4.78, 5) is 27.5. The molecule has 2 N–H and O–H groups in total. The van der Waals surface area contributed by atoms with Gasteiger partial charge in [0, 0.05) is 27.1 Å². The molecule has 0 amide bonds. The van der Waals surface area contributed by atoms with E-state index in [1.165, 1.54) is 0 Å². The van der Waals surface area contributed by atoms with E-state index in [1.54, 1.807) is 24.3 Å². The van der Waals surface area contributed by atoms with Gasteiger partial charge in [0.1, 0.15) is 0 Å². The van der Waals surface area contributed by atoms with Crippen LogP contribution in [0.2, 0.25) is 5.02 Å². The molecule has 3 aromatic rings.